The smallest absolute Gasteiger partial charge is 0.303 e. The van der Waals surface area contributed by atoms with Crippen LogP contribution in [0.5, 0.6) is 0 Å². The number of rotatable bonds is 3. The third-order valence-corrected chi connectivity index (χ3v) is 9.39. The zero-order chi connectivity index (χ0) is 18.5. The van der Waals surface area contributed by atoms with Gasteiger partial charge in [-0.15, -0.1) is 0 Å². The van der Waals surface area contributed by atoms with Crippen molar-refractivity contribution in [3.05, 3.63) is 0 Å². The van der Waals surface area contributed by atoms with Gasteiger partial charge in [0.05, 0.1) is 0 Å². The van der Waals surface area contributed by atoms with Gasteiger partial charge in [0.25, 0.3) is 0 Å². The first-order valence-corrected chi connectivity index (χ1v) is 11.0. The van der Waals surface area contributed by atoms with Crippen molar-refractivity contribution in [2.75, 3.05) is 6.61 Å². The number of carbonyl (C=O) groups excluding carboxylic acids is 2. The molecule has 0 amide bonds. The molecule has 4 aliphatic rings. The van der Waals surface area contributed by atoms with Crippen LogP contribution in [0.1, 0.15) is 85.0 Å². The molecule has 0 aromatic heterocycles. The van der Waals surface area contributed by atoms with Crippen molar-refractivity contribution < 1.29 is 14.3 Å². The van der Waals surface area contributed by atoms with Crippen molar-refractivity contribution in [1.82, 2.24) is 0 Å². The van der Waals surface area contributed by atoms with Crippen LogP contribution >= 0.6 is 0 Å². The van der Waals surface area contributed by atoms with Gasteiger partial charge >= 0.3 is 5.97 Å². The minimum Gasteiger partial charge on any atom is -0.458 e. The summed E-state index contributed by atoms with van der Waals surface area (Å²) in [5, 5.41) is 0. The Bertz CT molecular complexity index is 584. The van der Waals surface area contributed by atoms with Gasteiger partial charge in [-0.1, -0.05) is 26.7 Å². The Morgan fingerprint density at radius 2 is 1.65 bits per heavy atom. The van der Waals surface area contributed by atoms with Crippen LogP contribution < -0.4 is 0 Å². The summed E-state index contributed by atoms with van der Waals surface area (Å²) in [6.07, 6.45) is 13.2. The number of ether oxygens (including phenoxy) is 1. The molecule has 4 fully saturated rings. The normalized spacial score (nSPS) is 47.4. The minimum absolute atomic E-state index is 0.0177. The number of hydrogen-bond donors (Lipinski definition) is 0. The van der Waals surface area contributed by atoms with E-state index in [2.05, 4.69) is 13.8 Å². The van der Waals surface area contributed by atoms with Gasteiger partial charge in [-0.25, -0.2) is 0 Å². The molecule has 0 aromatic rings. The summed E-state index contributed by atoms with van der Waals surface area (Å²) in [5.41, 5.74) is 0.693. The van der Waals surface area contributed by atoms with Gasteiger partial charge in [-0.2, -0.15) is 0 Å². The SMILES string of the molecule is CC(=O)OCC(=O)[C@@H]1CC[C@@H]2[C@@H]3CC[C@H]4CCCC[C@]4(C)[C@@H]3CC[C@@]21C. The summed E-state index contributed by atoms with van der Waals surface area (Å²) < 4.78 is 5.05. The highest BCUT2D eigenvalue weighted by atomic mass is 16.5. The van der Waals surface area contributed by atoms with Gasteiger partial charge < -0.3 is 4.74 Å². The van der Waals surface area contributed by atoms with Crippen molar-refractivity contribution in [2.24, 2.45) is 40.4 Å². The first-order chi connectivity index (χ1) is 12.4. The second kappa shape index (κ2) is 6.63. The molecule has 0 radical (unpaired) electrons. The number of hydrogen-bond acceptors (Lipinski definition) is 3. The third-order valence-electron chi connectivity index (χ3n) is 9.39. The molecule has 0 N–H and O–H groups in total. The summed E-state index contributed by atoms with van der Waals surface area (Å²) in [5.74, 6) is 3.27. The molecule has 3 nitrogen and oxygen atoms in total. The van der Waals surface area contributed by atoms with Crippen LogP contribution in [0.4, 0.5) is 0 Å². The Morgan fingerprint density at radius 3 is 2.42 bits per heavy atom. The molecule has 146 valence electrons. The molecule has 0 unspecified atom stereocenters. The van der Waals surface area contributed by atoms with Crippen LogP contribution in [0.2, 0.25) is 0 Å². The number of Topliss-reactive ketones (excluding diaryl/α,β-unsaturated/α-hetero) is 1. The van der Waals surface area contributed by atoms with E-state index in [9.17, 15) is 9.59 Å². The summed E-state index contributed by atoms with van der Waals surface area (Å²) in [6.45, 7) is 6.36. The Labute approximate surface area is 158 Å². The average molecular weight is 361 g/mol. The molecular weight excluding hydrogens is 324 g/mol. The lowest BCUT2D eigenvalue weighted by molar-refractivity contribution is -0.150. The quantitative estimate of drug-likeness (QED) is 0.652. The predicted octanol–water partition coefficient (Wildman–Crippen LogP) is 5.17. The van der Waals surface area contributed by atoms with Gasteiger partial charge in [-0.3, -0.25) is 9.59 Å². The molecule has 0 aliphatic heterocycles. The van der Waals surface area contributed by atoms with Crippen molar-refractivity contribution in [2.45, 2.75) is 85.0 Å². The van der Waals surface area contributed by atoms with Crippen LogP contribution in [-0.4, -0.2) is 18.4 Å². The monoisotopic (exact) mass is 360 g/mol. The lowest BCUT2D eigenvalue weighted by Crippen LogP contribution is -2.53. The largest absolute Gasteiger partial charge is 0.458 e. The molecule has 4 aliphatic carbocycles. The first kappa shape index (κ1) is 18.5. The highest BCUT2D eigenvalue weighted by molar-refractivity contribution is 5.85. The van der Waals surface area contributed by atoms with Crippen molar-refractivity contribution >= 4 is 11.8 Å². The Morgan fingerprint density at radius 1 is 0.885 bits per heavy atom. The van der Waals surface area contributed by atoms with E-state index in [4.69, 9.17) is 4.74 Å². The maximum Gasteiger partial charge on any atom is 0.303 e. The van der Waals surface area contributed by atoms with Crippen LogP contribution in [-0.2, 0) is 14.3 Å². The standard InChI is InChI=1S/C23H36O3/c1-15(24)26-14-21(25)20-10-9-18-17-8-7-16-6-4-5-12-22(16,2)19(17)11-13-23(18,20)3/h16-20H,4-14H2,1-3H3/t16-,17+,18-,19-,20+,22+,23+/m1/s1. The van der Waals surface area contributed by atoms with Crippen molar-refractivity contribution in [1.29, 1.82) is 0 Å². The highest BCUT2D eigenvalue weighted by Crippen LogP contribution is 2.67. The molecule has 0 spiro atoms. The molecule has 7 atom stereocenters. The van der Waals surface area contributed by atoms with Crippen LogP contribution in [0, 0.1) is 40.4 Å². The minimum atomic E-state index is -0.342. The van der Waals surface area contributed by atoms with Gasteiger partial charge in [0.2, 0.25) is 0 Å². The lowest BCUT2D eigenvalue weighted by atomic mass is 9.45. The van der Waals surface area contributed by atoms with Gasteiger partial charge in [0.15, 0.2) is 5.78 Å². The zero-order valence-electron chi connectivity index (χ0n) is 16.9. The van der Waals surface area contributed by atoms with Crippen molar-refractivity contribution in [3.63, 3.8) is 0 Å². The third kappa shape index (κ3) is 2.76. The van der Waals surface area contributed by atoms with E-state index < -0.39 is 0 Å². The summed E-state index contributed by atoms with van der Waals surface area (Å²) >= 11 is 0. The second-order valence-corrected chi connectivity index (χ2v) is 10.3. The molecule has 3 heteroatoms. The van der Waals surface area contributed by atoms with E-state index in [1.165, 1.54) is 64.7 Å². The zero-order valence-corrected chi connectivity index (χ0v) is 16.9. The van der Waals surface area contributed by atoms with Gasteiger partial charge in [-0.05, 0) is 85.9 Å². The summed E-state index contributed by atoms with van der Waals surface area (Å²) in [4.78, 5) is 23.9. The molecule has 0 saturated heterocycles. The first-order valence-electron chi connectivity index (χ1n) is 11.0. The second-order valence-electron chi connectivity index (χ2n) is 10.3. The van der Waals surface area contributed by atoms with Crippen LogP contribution in [0.15, 0.2) is 0 Å². The Hall–Kier alpha value is -0.860. The van der Waals surface area contributed by atoms with E-state index in [-0.39, 0.29) is 29.7 Å². The summed E-state index contributed by atoms with van der Waals surface area (Å²) in [6, 6.07) is 0. The average Bonchev–Trinajstić information content (AvgIpc) is 2.96. The number of carbonyl (C=O) groups is 2. The predicted molar refractivity (Wildman–Crippen MR) is 101 cm³/mol. The maximum absolute atomic E-state index is 12.8. The highest BCUT2D eigenvalue weighted by Gasteiger charge is 2.60. The molecule has 0 aromatic carbocycles. The van der Waals surface area contributed by atoms with Gasteiger partial charge in [0.1, 0.15) is 6.61 Å². The van der Waals surface area contributed by atoms with E-state index in [1.807, 2.05) is 0 Å². The van der Waals surface area contributed by atoms with E-state index in [1.54, 1.807) is 0 Å². The molecule has 4 saturated carbocycles. The fourth-order valence-corrected chi connectivity index (χ4v) is 8.10. The molecular formula is C23H36O3. The van der Waals surface area contributed by atoms with Crippen LogP contribution in [0.3, 0.4) is 0 Å². The molecule has 0 heterocycles. The molecule has 26 heavy (non-hydrogen) atoms. The number of esters is 1. The molecule has 0 bridgehead atoms. The number of fused-ring (bicyclic) bond motifs is 5. The van der Waals surface area contributed by atoms with Crippen molar-refractivity contribution in [3.8, 4) is 0 Å². The maximum atomic E-state index is 12.8. The van der Waals surface area contributed by atoms with E-state index >= 15 is 0 Å². The fourth-order valence-electron chi connectivity index (χ4n) is 8.10. The van der Waals surface area contributed by atoms with E-state index in [0.29, 0.717) is 11.3 Å². The lowest BCUT2D eigenvalue weighted by Gasteiger charge is -2.60. The van der Waals surface area contributed by atoms with Crippen LogP contribution in [0.25, 0.3) is 0 Å². The van der Waals surface area contributed by atoms with E-state index in [0.717, 1.165) is 24.2 Å². The van der Waals surface area contributed by atoms with Gasteiger partial charge in [0, 0.05) is 12.8 Å². The molecule has 4 rings (SSSR count). The fraction of sp³-hybridized carbons (Fsp3) is 0.913. The Kier molecular flexibility index (Phi) is 4.72. The topological polar surface area (TPSA) is 43.4 Å². The summed E-state index contributed by atoms with van der Waals surface area (Å²) in [7, 11) is 0. The Balaban J connectivity index is 1.53. The number of ketones is 1.